The molecule has 2 rings (SSSR count). The van der Waals surface area contributed by atoms with Crippen LogP contribution in [0.1, 0.15) is 12.6 Å². The number of aromatic nitrogens is 1. The number of carbonyl (C=O) groups excluding carboxylic acids is 1. The smallest absolute Gasteiger partial charge is 0.433 e. The van der Waals surface area contributed by atoms with E-state index in [-0.39, 0.29) is 11.5 Å². The zero-order chi connectivity index (χ0) is 19.3. The molecule has 0 fully saturated rings. The highest BCUT2D eigenvalue weighted by Crippen LogP contribution is 2.32. The van der Waals surface area contributed by atoms with E-state index in [1.54, 1.807) is 30.3 Å². The molecule has 0 bridgehead atoms. The molecular formula is C16H15F3N4O3. The van der Waals surface area contributed by atoms with Crippen molar-refractivity contribution in [3.63, 3.8) is 0 Å². The van der Waals surface area contributed by atoms with Gasteiger partial charge < -0.3 is 21.1 Å². The molecule has 26 heavy (non-hydrogen) atoms. The normalized spacial score (nSPS) is 12.2. The molecule has 4 N–H and O–H groups in total. The van der Waals surface area contributed by atoms with Gasteiger partial charge in [-0.3, -0.25) is 4.79 Å². The maximum atomic E-state index is 12.9. The van der Waals surface area contributed by atoms with Crippen molar-refractivity contribution in [2.45, 2.75) is 19.1 Å². The molecule has 1 aromatic carbocycles. The molecule has 1 aromatic heterocycles. The summed E-state index contributed by atoms with van der Waals surface area (Å²) in [6.45, 7) is 1.30. The number of hydrogen-bond donors (Lipinski definition) is 4. The van der Waals surface area contributed by atoms with Crippen LogP contribution in [0.3, 0.4) is 0 Å². The Labute approximate surface area is 146 Å². The van der Waals surface area contributed by atoms with E-state index in [4.69, 9.17) is 5.11 Å². The summed E-state index contributed by atoms with van der Waals surface area (Å²) < 4.78 is 38.8. The number of rotatable bonds is 5. The number of anilines is 3. The van der Waals surface area contributed by atoms with Crippen LogP contribution in [-0.4, -0.2) is 28.1 Å². The van der Waals surface area contributed by atoms with E-state index in [9.17, 15) is 22.8 Å². The van der Waals surface area contributed by atoms with Crippen molar-refractivity contribution in [2.75, 3.05) is 10.6 Å². The van der Waals surface area contributed by atoms with E-state index in [0.29, 0.717) is 5.69 Å². The van der Waals surface area contributed by atoms with Gasteiger partial charge in [0.2, 0.25) is 5.91 Å². The van der Waals surface area contributed by atoms with Gasteiger partial charge in [-0.2, -0.15) is 13.2 Å². The average molecular weight is 368 g/mol. The van der Waals surface area contributed by atoms with E-state index in [2.05, 4.69) is 15.6 Å². The van der Waals surface area contributed by atoms with Gasteiger partial charge in [-0.25, -0.2) is 9.78 Å². The Hall–Kier alpha value is -3.30. The Bertz CT molecular complexity index is 797. The van der Waals surface area contributed by atoms with Crippen LogP contribution in [0.5, 0.6) is 0 Å². The fourth-order valence-corrected chi connectivity index (χ4v) is 1.96. The third-order valence-corrected chi connectivity index (χ3v) is 3.21. The van der Waals surface area contributed by atoms with E-state index >= 15 is 0 Å². The summed E-state index contributed by atoms with van der Waals surface area (Å²) in [4.78, 5) is 26.1. The molecule has 138 valence electrons. The zero-order valence-electron chi connectivity index (χ0n) is 13.5. The lowest BCUT2D eigenvalue weighted by molar-refractivity contribution is -0.141. The summed E-state index contributed by atoms with van der Waals surface area (Å²) in [7, 11) is 0. The molecule has 2 aromatic rings. The number of hydrogen-bond acceptors (Lipinski definition) is 4. The second-order valence-electron chi connectivity index (χ2n) is 5.24. The van der Waals surface area contributed by atoms with Gasteiger partial charge in [0.05, 0.1) is 5.69 Å². The van der Waals surface area contributed by atoms with E-state index in [1.807, 2.05) is 5.32 Å². The Morgan fingerprint density at radius 3 is 2.35 bits per heavy atom. The summed E-state index contributed by atoms with van der Waals surface area (Å²) >= 11 is 0. The number of carboxylic acid groups (broad SMARTS) is 1. The second kappa shape index (κ2) is 7.72. The van der Waals surface area contributed by atoms with Crippen LogP contribution in [0.15, 0.2) is 42.5 Å². The maximum absolute atomic E-state index is 12.9. The summed E-state index contributed by atoms with van der Waals surface area (Å²) in [5.74, 6) is -0.966. The van der Waals surface area contributed by atoms with Crippen LogP contribution in [0.4, 0.5) is 35.2 Å². The Balaban J connectivity index is 2.32. The fraction of sp³-hybridized carbons (Fsp3) is 0.188. The predicted octanol–water partition coefficient (Wildman–Crippen LogP) is 3.44. The molecule has 0 spiro atoms. The average Bonchev–Trinajstić information content (AvgIpc) is 2.55. The molecule has 0 saturated heterocycles. The van der Waals surface area contributed by atoms with Crippen molar-refractivity contribution in [1.29, 1.82) is 0 Å². The minimum absolute atomic E-state index is 0.0223. The van der Waals surface area contributed by atoms with Crippen molar-refractivity contribution in [3.8, 4) is 0 Å². The second-order valence-corrected chi connectivity index (χ2v) is 5.24. The number of nitrogens with zero attached hydrogens (tertiary/aromatic N) is 1. The Morgan fingerprint density at radius 2 is 1.77 bits per heavy atom. The lowest BCUT2D eigenvalue weighted by Crippen LogP contribution is -2.40. The van der Waals surface area contributed by atoms with Gasteiger partial charge in [0.25, 0.3) is 0 Å². The molecule has 1 atom stereocenters. The zero-order valence-corrected chi connectivity index (χ0v) is 13.5. The maximum Gasteiger partial charge on any atom is 0.433 e. The number of carbonyl (C=O) groups is 2. The minimum Gasteiger partial charge on any atom is -0.465 e. The van der Waals surface area contributed by atoms with Crippen LogP contribution in [0.2, 0.25) is 0 Å². The first-order valence-corrected chi connectivity index (χ1v) is 7.37. The van der Waals surface area contributed by atoms with Gasteiger partial charge in [0.15, 0.2) is 5.82 Å². The SMILES string of the molecule is CC(NC(=O)O)C(=O)Nc1ccc(C(F)(F)F)nc1Nc1ccccc1. The molecule has 0 aliphatic heterocycles. The third-order valence-electron chi connectivity index (χ3n) is 3.21. The van der Waals surface area contributed by atoms with Crippen molar-refractivity contribution in [3.05, 3.63) is 48.2 Å². The molecule has 10 heteroatoms. The van der Waals surface area contributed by atoms with Gasteiger partial charge in [0, 0.05) is 5.69 Å². The first-order chi connectivity index (χ1) is 12.2. The Kier molecular flexibility index (Phi) is 5.65. The predicted molar refractivity (Wildman–Crippen MR) is 88.2 cm³/mol. The fourth-order valence-electron chi connectivity index (χ4n) is 1.96. The van der Waals surface area contributed by atoms with Crippen LogP contribution in [0, 0.1) is 0 Å². The third kappa shape index (κ3) is 5.10. The monoisotopic (exact) mass is 368 g/mol. The topological polar surface area (TPSA) is 103 Å². The summed E-state index contributed by atoms with van der Waals surface area (Å²) in [5, 5.41) is 15.6. The van der Waals surface area contributed by atoms with E-state index in [0.717, 1.165) is 12.1 Å². The number of amides is 2. The molecule has 7 nitrogen and oxygen atoms in total. The lowest BCUT2D eigenvalue weighted by Gasteiger charge is -2.17. The van der Waals surface area contributed by atoms with Crippen molar-refractivity contribution in [2.24, 2.45) is 0 Å². The first-order valence-electron chi connectivity index (χ1n) is 7.37. The molecule has 0 aliphatic rings. The highest BCUT2D eigenvalue weighted by atomic mass is 19.4. The number of nitrogens with one attached hydrogen (secondary N) is 3. The van der Waals surface area contributed by atoms with Gasteiger partial charge in [0.1, 0.15) is 11.7 Å². The number of halogens is 3. The number of pyridine rings is 1. The van der Waals surface area contributed by atoms with Crippen molar-refractivity contribution in [1.82, 2.24) is 10.3 Å². The summed E-state index contributed by atoms with van der Waals surface area (Å²) in [5.41, 5.74) is -0.692. The Morgan fingerprint density at radius 1 is 1.12 bits per heavy atom. The first kappa shape index (κ1) is 19.0. The van der Waals surface area contributed by atoms with Crippen LogP contribution >= 0.6 is 0 Å². The van der Waals surface area contributed by atoms with Gasteiger partial charge >= 0.3 is 12.3 Å². The highest BCUT2D eigenvalue weighted by molar-refractivity contribution is 5.98. The highest BCUT2D eigenvalue weighted by Gasteiger charge is 2.33. The van der Waals surface area contributed by atoms with Gasteiger partial charge in [-0.1, -0.05) is 18.2 Å². The molecule has 1 unspecified atom stereocenters. The van der Waals surface area contributed by atoms with Crippen LogP contribution in [-0.2, 0) is 11.0 Å². The standard InChI is InChI=1S/C16H15F3N4O3/c1-9(20-15(25)26)14(24)22-11-7-8-12(16(17,18)19)23-13(11)21-10-5-3-2-4-6-10/h2-9,20H,1H3,(H,21,23)(H,22,24)(H,25,26). The molecule has 1 heterocycles. The van der Waals surface area contributed by atoms with E-state index in [1.165, 1.54) is 6.92 Å². The van der Waals surface area contributed by atoms with Gasteiger partial charge in [-0.05, 0) is 31.2 Å². The molecule has 2 amide bonds. The largest absolute Gasteiger partial charge is 0.465 e. The number of benzene rings is 1. The van der Waals surface area contributed by atoms with Crippen LogP contribution in [0.25, 0.3) is 0 Å². The molecule has 0 radical (unpaired) electrons. The van der Waals surface area contributed by atoms with E-state index < -0.39 is 29.9 Å². The summed E-state index contributed by atoms with van der Waals surface area (Å²) in [6, 6.07) is 8.96. The van der Waals surface area contributed by atoms with Crippen molar-refractivity contribution < 1.29 is 27.9 Å². The minimum atomic E-state index is -4.66. The lowest BCUT2D eigenvalue weighted by atomic mass is 10.2. The van der Waals surface area contributed by atoms with Gasteiger partial charge in [-0.15, -0.1) is 0 Å². The van der Waals surface area contributed by atoms with Crippen molar-refractivity contribution >= 4 is 29.2 Å². The summed E-state index contributed by atoms with van der Waals surface area (Å²) in [6.07, 6.45) is -6.06. The number of alkyl halides is 3. The molecular weight excluding hydrogens is 353 g/mol. The quantitative estimate of drug-likeness (QED) is 0.647. The van der Waals surface area contributed by atoms with Crippen LogP contribution < -0.4 is 16.0 Å². The number of para-hydroxylation sites is 1. The molecule has 0 saturated carbocycles. The molecule has 0 aliphatic carbocycles.